The Hall–Kier alpha value is -2.29. The molecule has 86 valence electrons. The topological polar surface area (TPSA) is 46.5 Å². The fourth-order valence-electron chi connectivity index (χ4n) is 1.71. The van der Waals surface area contributed by atoms with E-state index in [1.165, 1.54) is 13.2 Å². The van der Waals surface area contributed by atoms with Crippen molar-refractivity contribution >= 4 is 6.29 Å². The van der Waals surface area contributed by atoms with Crippen molar-refractivity contribution < 1.29 is 14.6 Å². The first-order chi connectivity index (χ1) is 8.26. The summed E-state index contributed by atoms with van der Waals surface area (Å²) in [6.45, 7) is 0. The SMILES string of the molecule is COc1ccc(-c2ccccc2C=O)c(O)c1. The average Bonchev–Trinajstić information content (AvgIpc) is 2.38. The van der Waals surface area contributed by atoms with Crippen LogP contribution < -0.4 is 4.74 Å². The molecule has 2 aromatic rings. The van der Waals surface area contributed by atoms with Gasteiger partial charge in [-0.05, 0) is 17.7 Å². The number of carbonyl (C=O) groups is 1. The van der Waals surface area contributed by atoms with Crippen LogP contribution in [0.4, 0.5) is 0 Å². The summed E-state index contributed by atoms with van der Waals surface area (Å²) in [5, 5.41) is 9.90. The smallest absolute Gasteiger partial charge is 0.150 e. The average molecular weight is 228 g/mol. The maximum atomic E-state index is 10.9. The summed E-state index contributed by atoms with van der Waals surface area (Å²) >= 11 is 0. The van der Waals surface area contributed by atoms with Crippen molar-refractivity contribution in [2.24, 2.45) is 0 Å². The molecule has 17 heavy (non-hydrogen) atoms. The van der Waals surface area contributed by atoms with E-state index in [9.17, 15) is 9.90 Å². The Morgan fingerprint density at radius 3 is 2.53 bits per heavy atom. The number of methoxy groups -OCH3 is 1. The van der Waals surface area contributed by atoms with Gasteiger partial charge in [-0.1, -0.05) is 24.3 Å². The summed E-state index contributed by atoms with van der Waals surface area (Å²) in [6.07, 6.45) is 0.777. The highest BCUT2D eigenvalue weighted by Gasteiger charge is 2.09. The summed E-state index contributed by atoms with van der Waals surface area (Å²) < 4.78 is 5.01. The number of aldehydes is 1. The fourth-order valence-corrected chi connectivity index (χ4v) is 1.71. The lowest BCUT2D eigenvalue weighted by atomic mass is 9.99. The predicted molar refractivity (Wildman–Crippen MR) is 65.5 cm³/mol. The standard InChI is InChI=1S/C14H12O3/c1-17-11-6-7-13(14(16)8-11)12-5-3-2-4-10(12)9-15/h2-9,16H,1H3. The lowest BCUT2D eigenvalue weighted by Gasteiger charge is -2.08. The highest BCUT2D eigenvalue weighted by molar-refractivity contribution is 5.89. The minimum Gasteiger partial charge on any atom is -0.507 e. The first-order valence-corrected chi connectivity index (χ1v) is 5.18. The Bertz CT molecular complexity index is 547. The Kier molecular flexibility index (Phi) is 3.10. The van der Waals surface area contributed by atoms with Crippen molar-refractivity contribution in [3.8, 4) is 22.6 Å². The molecule has 2 rings (SSSR count). The molecule has 0 fully saturated rings. The zero-order valence-corrected chi connectivity index (χ0v) is 9.38. The van der Waals surface area contributed by atoms with Crippen molar-refractivity contribution in [2.45, 2.75) is 0 Å². The van der Waals surface area contributed by atoms with Crippen LogP contribution in [0.2, 0.25) is 0 Å². The van der Waals surface area contributed by atoms with Crippen LogP contribution in [0.3, 0.4) is 0 Å². The second kappa shape index (κ2) is 4.70. The van der Waals surface area contributed by atoms with Crippen molar-refractivity contribution in [2.75, 3.05) is 7.11 Å². The first-order valence-electron chi connectivity index (χ1n) is 5.18. The first kappa shape index (κ1) is 11.2. The number of phenols is 1. The van der Waals surface area contributed by atoms with E-state index in [1.807, 2.05) is 6.07 Å². The van der Waals surface area contributed by atoms with E-state index in [2.05, 4.69) is 0 Å². The third-order valence-corrected chi connectivity index (χ3v) is 2.58. The van der Waals surface area contributed by atoms with Crippen molar-refractivity contribution in [3.63, 3.8) is 0 Å². The minimum atomic E-state index is 0.0960. The van der Waals surface area contributed by atoms with Gasteiger partial charge in [-0.25, -0.2) is 0 Å². The van der Waals surface area contributed by atoms with Gasteiger partial charge in [0.25, 0.3) is 0 Å². The molecule has 2 aromatic carbocycles. The summed E-state index contributed by atoms with van der Waals surface area (Å²) in [7, 11) is 1.54. The highest BCUT2D eigenvalue weighted by atomic mass is 16.5. The number of phenolic OH excluding ortho intramolecular Hbond substituents is 1. The monoisotopic (exact) mass is 228 g/mol. The number of hydrogen-bond donors (Lipinski definition) is 1. The van der Waals surface area contributed by atoms with E-state index in [0.29, 0.717) is 22.4 Å². The summed E-state index contributed by atoms with van der Waals surface area (Å²) in [5.74, 6) is 0.675. The van der Waals surface area contributed by atoms with Gasteiger partial charge < -0.3 is 9.84 Å². The van der Waals surface area contributed by atoms with Gasteiger partial charge >= 0.3 is 0 Å². The van der Waals surface area contributed by atoms with Crippen LogP contribution in [0.15, 0.2) is 42.5 Å². The van der Waals surface area contributed by atoms with E-state index >= 15 is 0 Å². The molecule has 0 saturated carbocycles. The van der Waals surface area contributed by atoms with Gasteiger partial charge in [-0.15, -0.1) is 0 Å². The molecular formula is C14H12O3. The Morgan fingerprint density at radius 2 is 1.88 bits per heavy atom. The van der Waals surface area contributed by atoms with Gasteiger partial charge in [0.05, 0.1) is 7.11 Å². The molecule has 0 amide bonds. The van der Waals surface area contributed by atoms with E-state index in [-0.39, 0.29) is 5.75 Å². The van der Waals surface area contributed by atoms with Gasteiger partial charge in [0.2, 0.25) is 0 Å². The van der Waals surface area contributed by atoms with Crippen LogP contribution in [0.1, 0.15) is 10.4 Å². The molecule has 3 heteroatoms. The Morgan fingerprint density at radius 1 is 1.12 bits per heavy atom. The molecular weight excluding hydrogens is 216 g/mol. The fraction of sp³-hybridized carbons (Fsp3) is 0.0714. The summed E-state index contributed by atoms with van der Waals surface area (Å²) in [5.41, 5.74) is 1.88. The number of rotatable bonds is 3. The van der Waals surface area contributed by atoms with Crippen LogP contribution in [-0.4, -0.2) is 18.5 Å². The number of carbonyl (C=O) groups excluding carboxylic acids is 1. The van der Waals surface area contributed by atoms with Gasteiger partial charge in [-0.3, -0.25) is 4.79 Å². The molecule has 0 aliphatic rings. The number of aromatic hydroxyl groups is 1. The third kappa shape index (κ3) is 2.13. The molecule has 3 nitrogen and oxygen atoms in total. The molecule has 0 radical (unpaired) electrons. The zero-order chi connectivity index (χ0) is 12.3. The zero-order valence-electron chi connectivity index (χ0n) is 9.38. The molecule has 0 unspecified atom stereocenters. The minimum absolute atomic E-state index is 0.0960. The van der Waals surface area contributed by atoms with Crippen LogP contribution in [0.25, 0.3) is 11.1 Å². The van der Waals surface area contributed by atoms with Gasteiger partial charge in [0.1, 0.15) is 11.5 Å². The van der Waals surface area contributed by atoms with Crippen molar-refractivity contribution in [1.82, 2.24) is 0 Å². The Balaban J connectivity index is 2.56. The molecule has 0 spiro atoms. The van der Waals surface area contributed by atoms with E-state index in [1.54, 1.807) is 30.3 Å². The molecule has 1 N–H and O–H groups in total. The van der Waals surface area contributed by atoms with E-state index < -0.39 is 0 Å². The second-order valence-electron chi connectivity index (χ2n) is 3.59. The summed E-state index contributed by atoms with van der Waals surface area (Å²) in [6, 6.07) is 12.1. The third-order valence-electron chi connectivity index (χ3n) is 2.58. The van der Waals surface area contributed by atoms with Crippen molar-refractivity contribution in [3.05, 3.63) is 48.0 Å². The molecule has 0 aliphatic heterocycles. The number of hydrogen-bond acceptors (Lipinski definition) is 3. The van der Waals surface area contributed by atoms with Crippen LogP contribution in [0.5, 0.6) is 11.5 Å². The Labute approximate surface area is 99.3 Å². The van der Waals surface area contributed by atoms with E-state index in [4.69, 9.17) is 4.74 Å². The normalized spacial score (nSPS) is 9.94. The molecule has 0 aliphatic carbocycles. The second-order valence-corrected chi connectivity index (χ2v) is 3.59. The van der Waals surface area contributed by atoms with Crippen LogP contribution in [-0.2, 0) is 0 Å². The van der Waals surface area contributed by atoms with E-state index in [0.717, 1.165) is 6.29 Å². The molecule has 0 atom stereocenters. The van der Waals surface area contributed by atoms with Crippen molar-refractivity contribution in [1.29, 1.82) is 0 Å². The molecule has 0 heterocycles. The van der Waals surface area contributed by atoms with Crippen LogP contribution >= 0.6 is 0 Å². The number of ether oxygens (including phenoxy) is 1. The molecule has 0 bridgehead atoms. The molecule has 0 saturated heterocycles. The quantitative estimate of drug-likeness (QED) is 0.821. The maximum Gasteiger partial charge on any atom is 0.150 e. The summed E-state index contributed by atoms with van der Waals surface area (Å²) in [4.78, 5) is 10.9. The lowest BCUT2D eigenvalue weighted by molar-refractivity contribution is 0.112. The largest absolute Gasteiger partial charge is 0.507 e. The predicted octanol–water partition coefficient (Wildman–Crippen LogP) is 2.88. The van der Waals surface area contributed by atoms with Gasteiger partial charge in [-0.2, -0.15) is 0 Å². The van der Waals surface area contributed by atoms with Gasteiger partial charge in [0.15, 0.2) is 6.29 Å². The molecule has 0 aromatic heterocycles. The van der Waals surface area contributed by atoms with Crippen LogP contribution in [0, 0.1) is 0 Å². The van der Waals surface area contributed by atoms with Gasteiger partial charge in [0, 0.05) is 17.2 Å². The number of benzene rings is 2. The lowest BCUT2D eigenvalue weighted by Crippen LogP contribution is -1.88. The maximum absolute atomic E-state index is 10.9. The highest BCUT2D eigenvalue weighted by Crippen LogP contribution is 2.33.